The largest absolute Gasteiger partial charge is 0.143 e. The van der Waals surface area contributed by atoms with E-state index in [0.29, 0.717) is 0 Å². The second kappa shape index (κ2) is 3.49. The Morgan fingerprint density at radius 3 is 2.50 bits per heavy atom. The van der Waals surface area contributed by atoms with Gasteiger partial charge in [-0.1, -0.05) is 6.07 Å². The average Bonchev–Trinajstić information content (AvgIpc) is 1.76. The first kappa shape index (κ1) is 6.30. The molecule has 0 spiro atoms. The summed E-state index contributed by atoms with van der Waals surface area (Å²) in [5.74, 6) is 0. The molecule has 1 aromatic rings. The molecular weight excluding hydrogens is 87.1 g/mol. The molecule has 1 heterocycles. The Hall–Kier alpha value is 0.297. The maximum Gasteiger partial charge on any atom is 0.0442 e. The van der Waals surface area contributed by atoms with Crippen LogP contribution < -0.4 is 0 Å². The summed E-state index contributed by atoms with van der Waals surface area (Å²) in [5, 5.41) is 4.89. The van der Waals surface area contributed by atoms with E-state index in [-0.39, 0.29) is 18.9 Å². The molecule has 0 saturated carbocycles. The molecule has 0 aromatic carbocycles. The smallest absolute Gasteiger partial charge is 0.0442 e. The molecular formula is C4H4LiS. The summed E-state index contributed by atoms with van der Waals surface area (Å²) >= 11 is 1.59. The van der Waals surface area contributed by atoms with Gasteiger partial charge in [0.25, 0.3) is 0 Å². The van der Waals surface area contributed by atoms with Crippen LogP contribution in [0.4, 0.5) is 0 Å². The first-order valence-electron chi connectivity index (χ1n) is 1.40. The third-order valence-electron chi connectivity index (χ3n) is 0.379. The van der Waals surface area contributed by atoms with Crippen molar-refractivity contribution < 1.29 is 0 Å². The van der Waals surface area contributed by atoms with Crippen LogP contribution in [0.15, 0.2) is 17.5 Å². The molecule has 2 heteroatoms. The van der Waals surface area contributed by atoms with E-state index in [1.54, 1.807) is 11.3 Å². The van der Waals surface area contributed by atoms with Crippen LogP contribution >= 0.6 is 11.3 Å². The van der Waals surface area contributed by atoms with Crippen LogP contribution in [0.5, 0.6) is 0 Å². The van der Waals surface area contributed by atoms with Gasteiger partial charge in [0, 0.05) is 5.38 Å². The van der Waals surface area contributed by atoms with Crippen LogP contribution in [0.25, 0.3) is 0 Å². The van der Waals surface area contributed by atoms with Gasteiger partial charge in [-0.2, -0.15) is 0 Å². The number of hydrogen-bond donors (Lipinski definition) is 0. The monoisotopic (exact) mass is 91.0 g/mol. The molecule has 1 rings (SSSR count). The normalized spacial score (nSPS) is 6.67. The Morgan fingerprint density at radius 1 is 1.50 bits per heavy atom. The summed E-state index contributed by atoms with van der Waals surface area (Å²) in [6.45, 7) is 0. The topological polar surface area (TPSA) is 0 Å². The van der Waals surface area contributed by atoms with E-state index in [0.717, 1.165) is 0 Å². The van der Waals surface area contributed by atoms with E-state index in [1.807, 2.05) is 17.5 Å². The Balaban J connectivity index is 0.000000250. The first-order chi connectivity index (χ1) is 2.50. The number of rotatable bonds is 0. The van der Waals surface area contributed by atoms with Crippen LogP contribution in [-0.2, 0) is 0 Å². The van der Waals surface area contributed by atoms with Gasteiger partial charge in [-0.05, 0) is 11.4 Å². The van der Waals surface area contributed by atoms with E-state index < -0.39 is 0 Å². The maximum atomic E-state index is 2.90. The molecule has 0 nitrogen and oxygen atoms in total. The molecule has 0 aliphatic carbocycles. The summed E-state index contributed by atoms with van der Waals surface area (Å²) in [5.41, 5.74) is 0. The van der Waals surface area contributed by atoms with Gasteiger partial charge in [0.15, 0.2) is 0 Å². The molecule has 0 atom stereocenters. The van der Waals surface area contributed by atoms with Crippen molar-refractivity contribution in [2.75, 3.05) is 0 Å². The van der Waals surface area contributed by atoms with Gasteiger partial charge in [0.2, 0.25) is 0 Å². The molecule has 0 fully saturated rings. The Bertz CT molecular complexity index is 64.0. The molecule has 1 radical (unpaired) electrons. The van der Waals surface area contributed by atoms with Gasteiger partial charge in [-0.25, -0.2) is 0 Å². The van der Waals surface area contributed by atoms with Crippen molar-refractivity contribution >= 4 is 30.2 Å². The van der Waals surface area contributed by atoms with E-state index in [4.69, 9.17) is 0 Å². The van der Waals surface area contributed by atoms with Crippen molar-refractivity contribution in [1.29, 1.82) is 0 Å². The fraction of sp³-hybridized carbons (Fsp3) is 0. The second-order valence-corrected chi connectivity index (χ2v) is 1.47. The van der Waals surface area contributed by atoms with Gasteiger partial charge < -0.3 is 0 Å². The quantitative estimate of drug-likeness (QED) is 0.416. The molecule has 0 bridgehead atoms. The van der Waals surface area contributed by atoms with Crippen molar-refractivity contribution in [3.63, 3.8) is 0 Å². The average molecular weight is 91.1 g/mol. The SMILES string of the molecule is [LiH].[c]1cccs1. The van der Waals surface area contributed by atoms with Crippen LogP contribution in [0.3, 0.4) is 0 Å². The molecule has 6 heavy (non-hydrogen) atoms. The van der Waals surface area contributed by atoms with Crippen LogP contribution in [-0.4, -0.2) is 18.9 Å². The van der Waals surface area contributed by atoms with Crippen molar-refractivity contribution in [1.82, 2.24) is 0 Å². The van der Waals surface area contributed by atoms with Gasteiger partial charge in [0.1, 0.15) is 0 Å². The van der Waals surface area contributed by atoms with E-state index >= 15 is 0 Å². The fourth-order valence-electron chi connectivity index (χ4n) is 0.196. The minimum atomic E-state index is 0. The van der Waals surface area contributed by atoms with E-state index in [9.17, 15) is 0 Å². The van der Waals surface area contributed by atoms with Gasteiger partial charge >= 0.3 is 18.9 Å². The minimum absolute atomic E-state index is 0. The van der Waals surface area contributed by atoms with E-state index in [2.05, 4.69) is 5.38 Å². The predicted octanol–water partition coefficient (Wildman–Crippen LogP) is 0.900. The zero-order valence-corrected chi connectivity index (χ0v) is 3.46. The zero-order chi connectivity index (χ0) is 3.54. The third kappa shape index (κ3) is 1.67. The molecule has 0 amide bonds. The maximum absolute atomic E-state index is 2.90. The van der Waals surface area contributed by atoms with Crippen LogP contribution in [0.1, 0.15) is 0 Å². The summed E-state index contributed by atoms with van der Waals surface area (Å²) in [6, 6.07) is 3.86. The second-order valence-electron chi connectivity index (χ2n) is 0.731. The Kier molecular flexibility index (Phi) is 3.66. The van der Waals surface area contributed by atoms with Crippen molar-refractivity contribution in [2.24, 2.45) is 0 Å². The minimum Gasteiger partial charge on any atom is -0.143 e. The molecule has 0 aliphatic heterocycles. The molecule has 1 aromatic heterocycles. The molecule has 0 saturated heterocycles. The predicted molar refractivity (Wildman–Crippen MR) is 30.3 cm³/mol. The zero-order valence-electron chi connectivity index (χ0n) is 2.64. The molecule has 0 N–H and O–H groups in total. The van der Waals surface area contributed by atoms with Crippen LogP contribution in [0, 0.1) is 5.38 Å². The summed E-state index contributed by atoms with van der Waals surface area (Å²) in [7, 11) is 0. The Labute approximate surface area is 53.4 Å². The number of hydrogen-bond acceptors (Lipinski definition) is 1. The van der Waals surface area contributed by atoms with Crippen molar-refractivity contribution in [3.05, 3.63) is 22.9 Å². The van der Waals surface area contributed by atoms with Crippen molar-refractivity contribution in [3.8, 4) is 0 Å². The third-order valence-corrected chi connectivity index (χ3v) is 0.944. The van der Waals surface area contributed by atoms with Crippen molar-refractivity contribution in [2.45, 2.75) is 0 Å². The summed E-state index contributed by atoms with van der Waals surface area (Å²) in [4.78, 5) is 0. The standard InChI is InChI=1S/C4H3S.Li.H/c1-2-4-5-3-1;;/h1-3H;;. The number of thiophene rings is 1. The van der Waals surface area contributed by atoms with E-state index in [1.165, 1.54) is 0 Å². The summed E-state index contributed by atoms with van der Waals surface area (Å²) in [6.07, 6.45) is 0. The van der Waals surface area contributed by atoms with Crippen LogP contribution in [0.2, 0.25) is 0 Å². The van der Waals surface area contributed by atoms with Gasteiger partial charge in [-0.3, -0.25) is 0 Å². The summed E-state index contributed by atoms with van der Waals surface area (Å²) < 4.78 is 0. The molecule has 0 unspecified atom stereocenters. The fourth-order valence-corrected chi connectivity index (χ4v) is 0.589. The molecule has 27 valence electrons. The molecule has 0 aliphatic rings. The van der Waals surface area contributed by atoms with Gasteiger partial charge in [-0.15, -0.1) is 11.3 Å². The van der Waals surface area contributed by atoms with Gasteiger partial charge in [0.05, 0.1) is 0 Å². The first-order valence-corrected chi connectivity index (χ1v) is 2.27. The Morgan fingerprint density at radius 2 is 2.33 bits per heavy atom.